The van der Waals surface area contributed by atoms with Crippen LogP contribution in [0.1, 0.15) is 0 Å². The van der Waals surface area contributed by atoms with Crippen molar-refractivity contribution in [2.75, 3.05) is 12.4 Å². The smallest absolute Gasteiger partial charge is 0.156 e. The quantitative estimate of drug-likeness (QED) is 0.764. The Morgan fingerprint density at radius 1 is 1.17 bits per heavy atom. The maximum atomic E-state index is 5.12. The van der Waals surface area contributed by atoms with E-state index in [4.69, 9.17) is 4.74 Å². The van der Waals surface area contributed by atoms with Crippen LogP contribution in [0.2, 0.25) is 0 Å². The molecule has 0 saturated heterocycles. The molecule has 0 aliphatic carbocycles. The molecule has 0 aliphatic rings. The summed E-state index contributed by atoms with van der Waals surface area (Å²) in [6.07, 6.45) is 7.10. The van der Waals surface area contributed by atoms with Crippen molar-refractivity contribution >= 4 is 17.2 Å². The first-order chi connectivity index (χ1) is 8.86. The minimum Gasteiger partial charge on any atom is -0.497 e. The van der Waals surface area contributed by atoms with Gasteiger partial charge in [-0.2, -0.15) is 0 Å². The van der Waals surface area contributed by atoms with Crippen LogP contribution in [0.15, 0.2) is 49.1 Å². The Bertz CT molecular complexity index is 660. The number of rotatable bonds is 3. The average molecular weight is 240 g/mol. The van der Waals surface area contributed by atoms with Gasteiger partial charge in [-0.1, -0.05) is 0 Å². The van der Waals surface area contributed by atoms with Crippen molar-refractivity contribution in [3.63, 3.8) is 0 Å². The zero-order valence-corrected chi connectivity index (χ0v) is 9.87. The number of benzene rings is 1. The minimum atomic E-state index is 0.813. The van der Waals surface area contributed by atoms with Gasteiger partial charge in [-0.15, -0.1) is 0 Å². The van der Waals surface area contributed by atoms with Gasteiger partial charge in [-0.05, 0) is 24.3 Å². The molecule has 18 heavy (non-hydrogen) atoms. The molecule has 2 aromatic heterocycles. The lowest BCUT2D eigenvalue weighted by Crippen LogP contribution is -1.95. The lowest BCUT2D eigenvalue weighted by atomic mass is 10.3. The van der Waals surface area contributed by atoms with E-state index in [-0.39, 0.29) is 0 Å². The standard InChI is InChI=1S/C13H12N4O/c1-18-11-4-2-10(3-5-11)16-13-9-15-12-8-14-6-7-17(12)13/h2-9,16H,1H3. The van der Waals surface area contributed by atoms with E-state index in [1.54, 1.807) is 25.7 Å². The zero-order valence-electron chi connectivity index (χ0n) is 9.87. The van der Waals surface area contributed by atoms with Gasteiger partial charge in [0, 0.05) is 18.1 Å². The largest absolute Gasteiger partial charge is 0.497 e. The highest BCUT2D eigenvalue weighted by Gasteiger charge is 2.02. The monoisotopic (exact) mass is 240 g/mol. The van der Waals surface area contributed by atoms with Crippen LogP contribution in [0.5, 0.6) is 5.75 Å². The molecular formula is C13H12N4O. The highest BCUT2D eigenvalue weighted by Crippen LogP contribution is 2.20. The van der Waals surface area contributed by atoms with E-state index in [1.165, 1.54) is 0 Å². The van der Waals surface area contributed by atoms with Gasteiger partial charge in [0.2, 0.25) is 0 Å². The normalized spacial score (nSPS) is 10.5. The fraction of sp³-hybridized carbons (Fsp3) is 0.0769. The van der Waals surface area contributed by atoms with E-state index in [2.05, 4.69) is 15.3 Å². The third-order valence-electron chi connectivity index (χ3n) is 2.68. The Balaban J connectivity index is 1.91. The van der Waals surface area contributed by atoms with E-state index < -0.39 is 0 Å². The first kappa shape index (κ1) is 10.6. The molecule has 0 aliphatic heterocycles. The summed E-state index contributed by atoms with van der Waals surface area (Å²) in [6.45, 7) is 0. The summed E-state index contributed by atoms with van der Waals surface area (Å²) in [6, 6.07) is 7.74. The summed E-state index contributed by atoms with van der Waals surface area (Å²) in [5.41, 5.74) is 1.79. The van der Waals surface area contributed by atoms with Gasteiger partial charge in [-0.25, -0.2) is 4.98 Å². The molecule has 3 aromatic rings. The first-order valence-corrected chi connectivity index (χ1v) is 5.55. The van der Waals surface area contributed by atoms with Crippen molar-refractivity contribution < 1.29 is 4.74 Å². The van der Waals surface area contributed by atoms with Crippen LogP contribution >= 0.6 is 0 Å². The number of hydrogen-bond donors (Lipinski definition) is 1. The fourth-order valence-corrected chi connectivity index (χ4v) is 1.76. The van der Waals surface area contributed by atoms with Crippen LogP contribution in [0.4, 0.5) is 11.5 Å². The Morgan fingerprint density at radius 2 is 2.00 bits per heavy atom. The van der Waals surface area contributed by atoms with Gasteiger partial charge in [0.25, 0.3) is 0 Å². The van der Waals surface area contributed by atoms with Gasteiger partial charge < -0.3 is 10.1 Å². The summed E-state index contributed by atoms with van der Waals surface area (Å²) >= 11 is 0. The van der Waals surface area contributed by atoms with Gasteiger partial charge in [0.15, 0.2) is 5.65 Å². The summed E-state index contributed by atoms with van der Waals surface area (Å²) in [5.74, 6) is 1.74. The van der Waals surface area contributed by atoms with E-state index >= 15 is 0 Å². The van der Waals surface area contributed by atoms with Crippen molar-refractivity contribution in [2.45, 2.75) is 0 Å². The number of fused-ring (bicyclic) bond motifs is 1. The molecule has 0 atom stereocenters. The van der Waals surface area contributed by atoms with Crippen LogP contribution in [0.25, 0.3) is 5.65 Å². The number of anilines is 2. The molecule has 0 spiro atoms. The van der Waals surface area contributed by atoms with Crippen molar-refractivity contribution in [3.8, 4) is 5.75 Å². The molecule has 0 saturated carbocycles. The average Bonchev–Trinajstić information content (AvgIpc) is 2.83. The fourth-order valence-electron chi connectivity index (χ4n) is 1.76. The summed E-state index contributed by atoms with van der Waals surface area (Å²) in [7, 11) is 1.65. The topological polar surface area (TPSA) is 51.5 Å². The molecule has 0 amide bonds. The van der Waals surface area contributed by atoms with E-state index in [1.807, 2.05) is 34.9 Å². The van der Waals surface area contributed by atoms with Crippen LogP contribution in [0, 0.1) is 0 Å². The van der Waals surface area contributed by atoms with Gasteiger partial charge in [0.05, 0.1) is 19.5 Å². The number of nitrogens with one attached hydrogen (secondary N) is 1. The minimum absolute atomic E-state index is 0.813. The molecule has 0 bridgehead atoms. The molecule has 0 fully saturated rings. The SMILES string of the molecule is COc1ccc(Nc2cnc3cnccn23)cc1. The second-order valence-electron chi connectivity index (χ2n) is 3.80. The Labute approximate surface area is 104 Å². The molecule has 2 heterocycles. The number of hydrogen-bond acceptors (Lipinski definition) is 4. The Morgan fingerprint density at radius 3 is 2.78 bits per heavy atom. The third kappa shape index (κ3) is 1.86. The number of ether oxygens (including phenoxy) is 1. The molecule has 0 radical (unpaired) electrons. The first-order valence-electron chi connectivity index (χ1n) is 5.55. The van der Waals surface area contributed by atoms with Crippen molar-refractivity contribution in [1.82, 2.24) is 14.4 Å². The summed E-state index contributed by atoms with van der Waals surface area (Å²) in [4.78, 5) is 8.29. The highest BCUT2D eigenvalue weighted by atomic mass is 16.5. The lowest BCUT2D eigenvalue weighted by molar-refractivity contribution is 0.415. The number of imidazole rings is 1. The number of aromatic nitrogens is 3. The third-order valence-corrected chi connectivity index (χ3v) is 2.68. The number of nitrogens with zero attached hydrogens (tertiary/aromatic N) is 3. The van der Waals surface area contributed by atoms with Crippen molar-refractivity contribution in [3.05, 3.63) is 49.1 Å². The van der Waals surface area contributed by atoms with Crippen LogP contribution in [-0.2, 0) is 0 Å². The Kier molecular flexibility index (Phi) is 2.57. The molecule has 5 nitrogen and oxygen atoms in total. The molecule has 90 valence electrons. The summed E-state index contributed by atoms with van der Waals surface area (Å²) < 4.78 is 7.06. The second kappa shape index (κ2) is 4.37. The van der Waals surface area contributed by atoms with Crippen molar-refractivity contribution in [2.24, 2.45) is 0 Å². The molecule has 0 unspecified atom stereocenters. The molecular weight excluding hydrogens is 228 g/mol. The second-order valence-corrected chi connectivity index (χ2v) is 3.80. The van der Waals surface area contributed by atoms with Gasteiger partial charge >= 0.3 is 0 Å². The van der Waals surface area contributed by atoms with Gasteiger partial charge in [-0.3, -0.25) is 9.38 Å². The predicted octanol–water partition coefficient (Wildman–Crippen LogP) is 2.48. The zero-order chi connectivity index (χ0) is 12.4. The highest BCUT2D eigenvalue weighted by molar-refractivity contribution is 5.60. The predicted molar refractivity (Wildman–Crippen MR) is 69.3 cm³/mol. The van der Waals surface area contributed by atoms with Crippen LogP contribution in [0.3, 0.4) is 0 Å². The summed E-state index contributed by atoms with van der Waals surface area (Å²) in [5, 5.41) is 3.30. The molecule has 3 rings (SSSR count). The maximum absolute atomic E-state index is 5.12. The van der Waals surface area contributed by atoms with E-state index in [0.717, 1.165) is 22.9 Å². The Hall–Kier alpha value is -2.56. The van der Waals surface area contributed by atoms with Crippen molar-refractivity contribution in [1.29, 1.82) is 0 Å². The molecule has 1 N–H and O–H groups in total. The molecule has 1 aromatic carbocycles. The lowest BCUT2D eigenvalue weighted by Gasteiger charge is -2.06. The maximum Gasteiger partial charge on any atom is 0.156 e. The van der Waals surface area contributed by atoms with Crippen LogP contribution in [-0.4, -0.2) is 21.5 Å². The van der Waals surface area contributed by atoms with Gasteiger partial charge in [0.1, 0.15) is 11.6 Å². The van der Waals surface area contributed by atoms with E-state index in [9.17, 15) is 0 Å². The number of methoxy groups -OCH3 is 1. The van der Waals surface area contributed by atoms with E-state index in [0.29, 0.717) is 0 Å². The van der Waals surface area contributed by atoms with Crippen LogP contribution < -0.4 is 10.1 Å². The molecule has 5 heteroatoms.